The van der Waals surface area contributed by atoms with E-state index in [1.807, 2.05) is 32.1 Å². The molecule has 0 spiro atoms. The zero-order valence-corrected chi connectivity index (χ0v) is 37.8. The quantitative estimate of drug-likeness (QED) is 0.133. The van der Waals surface area contributed by atoms with Gasteiger partial charge < -0.3 is 4.90 Å². The van der Waals surface area contributed by atoms with Crippen LogP contribution in [0, 0.1) is 27.7 Å². The first kappa shape index (κ1) is 44.6. The molecule has 0 fully saturated rings. The Kier molecular flexibility index (Phi) is 15.5. The van der Waals surface area contributed by atoms with Crippen molar-refractivity contribution in [3.05, 3.63) is 227 Å². The predicted octanol–water partition coefficient (Wildman–Crippen LogP) is 15.9. The van der Waals surface area contributed by atoms with Crippen LogP contribution in [0.5, 0.6) is 0 Å². The lowest BCUT2D eigenvalue weighted by Crippen LogP contribution is -2.31. The minimum Gasteiger partial charge on any atom is -0.338 e. The van der Waals surface area contributed by atoms with Gasteiger partial charge in [-0.3, -0.25) is 0 Å². The van der Waals surface area contributed by atoms with E-state index in [0.717, 1.165) is 23.2 Å². The zero-order valence-electron chi connectivity index (χ0n) is 37.8. The molecule has 1 heteroatoms. The van der Waals surface area contributed by atoms with Crippen molar-refractivity contribution in [3.8, 4) is 33.4 Å². The highest BCUT2D eigenvalue weighted by molar-refractivity contribution is 5.95. The highest BCUT2D eigenvalue weighted by atomic mass is 15.1. The van der Waals surface area contributed by atoms with Gasteiger partial charge in [0.05, 0.1) is 0 Å². The number of anilines is 2. The molecule has 0 radical (unpaired) electrons. The number of benzene rings is 8. The first-order chi connectivity index (χ1) is 30.3. The van der Waals surface area contributed by atoms with Gasteiger partial charge in [-0.1, -0.05) is 203 Å². The van der Waals surface area contributed by atoms with Crippen LogP contribution in [-0.2, 0) is 0 Å². The smallest absolute Gasteiger partial charge is 0.0421 e. The molecular weight excluding hydrogens is 747 g/mol. The SMILES string of the molecule is C=Cc1c(C=C)c2ccccc2c(=C/CN(c2ccc(-c3ccc(C)c(-c4ccccc4C)c3)cc2)c2cccc(C)c2)/c1=C\CC.CC.Cc1cccc(-c2ccccc2)c1. The summed E-state index contributed by atoms with van der Waals surface area (Å²) in [4.78, 5) is 2.41. The molecule has 0 N–H and O–H groups in total. The predicted molar refractivity (Wildman–Crippen MR) is 276 cm³/mol. The van der Waals surface area contributed by atoms with E-state index in [2.05, 4.69) is 229 Å². The van der Waals surface area contributed by atoms with Crippen LogP contribution in [0.15, 0.2) is 183 Å². The average molecular weight is 808 g/mol. The fraction of sp³-hybridized carbons (Fsp3) is 0.148. The van der Waals surface area contributed by atoms with Gasteiger partial charge in [-0.15, -0.1) is 0 Å². The summed E-state index contributed by atoms with van der Waals surface area (Å²) in [5.74, 6) is 0. The summed E-state index contributed by atoms with van der Waals surface area (Å²) in [6.45, 7) is 23.9. The average Bonchev–Trinajstić information content (AvgIpc) is 3.31. The Bertz CT molecular complexity index is 2900. The molecule has 0 heterocycles. The van der Waals surface area contributed by atoms with Gasteiger partial charge >= 0.3 is 0 Å². The summed E-state index contributed by atoms with van der Waals surface area (Å²) in [5.41, 5.74) is 17.3. The highest BCUT2D eigenvalue weighted by Crippen LogP contribution is 2.33. The van der Waals surface area contributed by atoms with Crippen LogP contribution in [0.25, 0.3) is 68.5 Å². The second kappa shape index (κ2) is 21.5. The fourth-order valence-electron chi connectivity index (χ4n) is 8.21. The molecule has 0 bridgehead atoms. The van der Waals surface area contributed by atoms with E-state index < -0.39 is 0 Å². The third-order valence-electron chi connectivity index (χ3n) is 11.3. The number of hydrogen-bond donors (Lipinski definition) is 0. The van der Waals surface area contributed by atoms with E-state index in [-0.39, 0.29) is 0 Å². The largest absolute Gasteiger partial charge is 0.338 e. The van der Waals surface area contributed by atoms with Gasteiger partial charge in [0, 0.05) is 17.9 Å². The van der Waals surface area contributed by atoms with Gasteiger partial charge in [0.25, 0.3) is 0 Å². The Labute approximate surface area is 371 Å². The van der Waals surface area contributed by atoms with Crippen LogP contribution in [0.2, 0.25) is 0 Å². The van der Waals surface area contributed by atoms with Gasteiger partial charge in [0.1, 0.15) is 0 Å². The van der Waals surface area contributed by atoms with Crippen molar-refractivity contribution in [2.45, 2.75) is 54.9 Å². The van der Waals surface area contributed by atoms with E-state index in [0.29, 0.717) is 6.54 Å². The number of hydrogen-bond acceptors (Lipinski definition) is 1. The van der Waals surface area contributed by atoms with Gasteiger partial charge in [-0.2, -0.15) is 0 Å². The normalized spacial score (nSPS) is 11.3. The van der Waals surface area contributed by atoms with Crippen molar-refractivity contribution >= 4 is 46.5 Å². The van der Waals surface area contributed by atoms with Crippen LogP contribution < -0.4 is 15.3 Å². The highest BCUT2D eigenvalue weighted by Gasteiger charge is 2.13. The number of nitrogens with zero attached hydrogens (tertiary/aromatic N) is 1. The third-order valence-corrected chi connectivity index (χ3v) is 11.3. The molecular formula is C61H61N. The number of aryl methyl sites for hydroxylation is 4. The second-order valence-electron chi connectivity index (χ2n) is 15.5. The summed E-state index contributed by atoms with van der Waals surface area (Å²) in [6, 6.07) is 60.9. The van der Waals surface area contributed by atoms with E-state index in [1.165, 1.54) is 82.5 Å². The molecule has 0 amide bonds. The Balaban J connectivity index is 0.000000361. The standard InChI is InChI=1S/C46H43N.C13H12.C2H6/c1-7-15-42-39(8-2)40(9-3)43-20-12-13-21-44(43)45(42)28-29-47(38-18-14-16-32(4)30-38)37-26-24-35(25-27-37)36-23-22-34(6)46(31-36)41-19-11-10-17-33(41)5;1-11-6-5-9-13(10-11)12-7-3-2-4-8-12;1-2/h8-28,30-31H,2-3,7,29H2,1,4-6H3;2-10H,1H3;1-2H3/b42-15-,45-28+;;. The molecule has 0 saturated carbocycles. The molecule has 8 aromatic rings. The van der Waals surface area contributed by atoms with Crippen LogP contribution in [0.4, 0.5) is 11.4 Å². The molecule has 0 atom stereocenters. The maximum absolute atomic E-state index is 4.20. The minimum absolute atomic E-state index is 0.712. The second-order valence-corrected chi connectivity index (χ2v) is 15.5. The molecule has 62 heavy (non-hydrogen) atoms. The summed E-state index contributed by atoms with van der Waals surface area (Å²) >= 11 is 0. The van der Waals surface area contributed by atoms with Crippen LogP contribution >= 0.6 is 0 Å². The topological polar surface area (TPSA) is 3.24 Å². The van der Waals surface area contributed by atoms with Crippen molar-refractivity contribution in [3.63, 3.8) is 0 Å². The Hall–Kier alpha value is -6.96. The Morgan fingerprint density at radius 1 is 0.435 bits per heavy atom. The van der Waals surface area contributed by atoms with E-state index in [1.54, 1.807) is 0 Å². The van der Waals surface area contributed by atoms with Crippen molar-refractivity contribution in [2.24, 2.45) is 0 Å². The summed E-state index contributed by atoms with van der Waals surface area (Å²) in [7, 11) is 0. The lowest BCUT2D eigenvalue weighted by atomic mass is 9.93. The van der Waals surface area contributed by atoms with Crippen molar-refractivity contribution in [1.82, 2.24) is 0 Å². The molecule has 0 aliphatic rings. The first-order valence-electron chi connectivity index (χ1n) is 22.0. The molecule has 0 aliphatic carbocycles. The number of rotatable bonds is 10. The van der Waals surface area contributed by atoms with E-state index in [9.17, 15) is 0 Å². The minimum atomic E-state index is 0.712. The van der Waals surface area contributed by atoms with Gasteiger partial charge in [0.2, 0.25) is 0 Å². The maximum Gasteiger partial charge on any atom is 0.0421 e. The molecule has 0 aromatic heterocycles. The van der Waals surface area contributed by atoms with Crippen LogP contribution in [-0.4, -0.2) is 6.54 Å². The molecule has 0 saturated heterocycles. The van der Waals surface area contributed by atoms with Gasteiger partial charge in [-0.05, 0) is 147 Å². The lowest BCUT2D eigenvalue weighted by molar-refractivity contribution is 1.12. The fourth-order valence-corrected chi connectivity index (χ4v) is 8.21. The van der Waals surface area contributed by atoms with E-state index >= 15 is 0 Å². The number of fused-ring (bicyclic) bond motifs is 1. The van der Waals surface area contributed by atoms with Crippen molar-refractivity contribution in [1.29, 1.82) is 0 Å². The molecule has 8 rings (SSSR count). The van der Waals surface area contributed by atoms with Crippen LogP contribution in [0.1, 0.15) is 60.6 Å². The van der Waals surface area contributed by atoms with E-state index in [4.69, 9.17) is 0 Å². The molecule has 310 valence electrons. The van der Waals surface area contributed by atoms with Gasteiger partial charge in [-0.25, -0.2) is 0 Å². The molecule has 1 nitrogen and oxygen atoms in total. The molecule has 8 aromatic carbocycles. The lowest BCUT2D eigenvalue weighted by Gasteiger charge is -2.25. The monoisotopic (exact) mass is 807 g/mol. The van der Waals surface area contributed by atoms with Gasteiger partial charge in [0.15, 0.2) is 0 Å². The Morgan fingerprint density at radius 2 is 1.00 bits per heavy atom. The molecule has 0 aliphatic heterocycles. The zero-order chi connectivity index (χ0) is 44.0. The summed E-state index contributed by atoms with van der Waals surface area (Å²) in [5, 5.41) is 4.89. The first-order valence-corrected chi connectivity index (χ1v) is 22.0. The van der Waals surface area contributed by atoms with Crippen LogP contribution in [0.3, 0.4) is 0 Å². The third kappa shape index (κ3) is 10.3. The van der Waals surface area contributed by atoms with Crippen molar-refractivity contribution < 1.29 is 0 Å². The summed E-state index contributed by atoms with van der Waals surface area (Å²) in [6.07, 6.45) is 9.59. The van der Waals surface area contributed by atoms with Crippen molar-refractivity contribution in [2.75, 3.05) is 11.4 Å². The summed E-state index contributed by atoms with van der Waals surface area (Å²) < 4.78 is 0. The Morgan fingerprint density at radius 3 is 1.66 bits per heavy atom. The maximum atomic E-state index is 4.20. The molecule has 0 unspecified atom stereocenters.